The SMILES string of the molecule is COc1n[nH]c(NC(=O)c2ccccc2F)n1. The van der Waals surface area contributed by atoms with E-state index < -0.39 is 11.7 Å². The van der Waals surface area contributed by atoms with Crippen LogP contribution in [0.5, 0.6) is 6.01 Å². The van der Waals surface area contributed by atoms with Crippen molar-refractivity contribution in [3.8, 4) is 6.01 Å². The lowest BCUT2D eigenvalue weighted by Crippen LogP contribution is -2.14. The van der Waals surface area contributed by atoms with Crippen LogP contribution in [0.1, 0.15) is 10.4 Å². The number of carbonyl (C=O) groups excluding carboxylic acids is 1. The van der Waals surface area contributed by atoms with E-state index in [0.717, 1.165) is 0 Å². The van der Waals surface area contributed by atoms with Crippen LogP contribution in [0.15, 0.2) is 24.3 Å². The number of benzene rings is 1. The number of aromatic nitrogens is 3. The summed E-state index contributed by atoms with van der Waals surface area (Å²) in [7, 11) is 1.39. The molecule has 0 saturated carbocycles. The molecule has 0 fully saturated rings. The van der Waals surface area contributed by atoms with Crippen LogP contribution in [-0.4, -0.2) is 28.2 Å². The van der Waals surface area contributed by atoms with Crippen molar-refractivity contribution in [1.29, 1.82) is 0 Å². The second kappa shape index (κ2) is 4.60. The maximum absolute atomic E-state index is 13.3. The maximum Gasteiger partial charge on any atom is 0.336 e. The number of aromatic amines is 1. The van der Waals surface area contributed by atoms with Gasteiger partial charge in [0.15, 0.2) is 0 Å². The van der Waals surface area contributed by atoms with Gasteiger partial charge in [-0.3, -0.25) is 10.1 Å². The molecule has 2 aromatic rings. The summed E-state index contributed by atoms with van der Waals surface area (Å²) in [6.45, 7) is 0. The Balaban J connectivity index is 2.14. The highest BCUT2D eigenvalue weighted by molar-refractivity contribution is 6.03. The highest BCUT2D eigenvalue weighted by Gasteiger charge is 2.13. The molecule has 0 spiro atoms. The molecule has 0 saturated heterocycles. The highest BCUT2D eigenvalue weighted by atomic mass is 19.1. The van der Waals surface area contributed by atoms with Crippen molar-refractivity contribution >= 4 is 11.9 Å². The Morgan fingerprint density at radius 2 is 2.24 bits per heavy atom. The number of anilines is 1. The maximum atomic E-state index is 13.3. The second-order valence-corrected chi connectivity index (χ2v) is 3.10. The largest absolute Gasteiger partial charge is 0.466 e. The molecular formula is C10H9FN4O2. The number of nitrogens with zero attached hydrogens (tertiary/aromatic N) is 2. The normalized spacial score (nSPS) is 10.0. The van der Waals surface area contributed by atoms with Crippen molar-refractivity contribution in [2.24, 2.45) is 0 Å². The molecule has 0 aliphatic rings. The lowest BCUT2D eigenvalue weighted by molar-refractivity contribution is 0.102. The number of rotatable bonds is 3. The predicted molar refractivity (Wildman–Crippen MR) is 57.3 cm³/mol. The first-order valence-corrected chi connectivity index (χ1v) is 4.73. The zero-order valence-electron chi connectivity index (χ0n) is 8.90. The minimum absolute atomic E-state index is 0.0668. The van der Waals surface area contributed by atoms with Gasteiger partial charge in [0.1, 0.15) is 5.82 Å². The molecule has 0 aliphatic heterocycles. The summed E-state index contributed by atoms with van der Waals surface area (Å²) in [5, 5.41) is 8.44. The Morgan fingerprint density at radius 3 is 2.88 bits per heavy atom. The van der Waals surface area contributed by atoms with Crippen molar-refractivity contribution in [3.63, 3.8) is 0 Å². The molecule has 88 valence electrons. The smallest absolute Gasteiger partial charge is 0.336 e. The average molecular weight is 236 g/mol. The predicted octanol–water partition coefficient (Wildman–Crippen LogP) is 1.20. The molecule has 1 aromatic heterocycles. The van der Waals surface area contributed by atoms with Crippen molar-refractivity contribution < 1.29 is 13.9 Å². The van der Waals surface area contributed by atoms with Gasteiger partial charge in [0.25, 0.3) is 5.91 Å². The molecule has 0 aliphatic carbocycles. The molecule has 2 N–H and O–H groups in total. The number of hydrogen-bond donors (Lipinski definition) is 2. The van der Waals surface area contributed by atoms with E-state index in [0.29, 0.717) is 0 Å². The number of ether oxygens (including phenoxy) is 1. The number of amides is 1. The third-order valence-electron chi connectivity index (χ3n) is 2.00. The molecule has 1 aromatic carbocycles. The zero-order valence-corrected chi connectivity index (χ0v) is 8.90. The third-order valence-corrected chi connectivity index (χ3v) is 2.00. The molecule has 6 nitrogen and oxygen atoms in total. The van der Waals surface area contributed by atoms with Gasteiger partial charge < -0.3 is 4.74 Å². The van der Waals surface area contributed by atoms with Gasteiger partial charge in [-0.25, -0.2) is 9.49 Å². The van der Waals surface area contributed by atoms with Gasteiger partial charge in [-0.1, -0.05) is 12.1 Å². The summed E-state index contributed by atoms with van der Waals surface area (Å²) in [4.78, 5) is 15.4. The van der Waals surface area contributed by atoms with Crippen molar-refractivity contribution in [2.45, 2.75) is 0 Å². The van der Waals surface area contributed by atoms with E-state index in [1.165, 1.54) is 25.3 Å². The van der Waals surface area contributed by atoms with Crippen LogP contribution in [0.25, 0.3) is 0 Å². The minimum atomic E-state index is -0.609. The lowest BCUT2D eigenvalue weighted by atomic mass is 10.2. The summed E-state index contributed by atoms with van der Waals surface area (Å²) in [6, 6.07) is 5.74. The van der Waals surface area contributed by atoms with E-state index in [1.54, 1.807) is 6.07 Å². The Labute approximate surface area is 95.8 Å². The van der Waals surface area contributed by atoms with Crippen LogP contribution < -0.4 is 10.1 Å². The average Bonchev–Trinajstić information content (AvgIpc) is 2.77. The monoisotopic (exact) mass is 236 g/mol. The molecule has 2 rings (SSSR count). The quantitative estimate of drug-likeness (QED) is 0.839. The summed E-state index contributed by atoms with van der Waals surface area (Å²) in [5.41, 5.74) is -0.0668. The third kappa shape index (κ3) is 2.39. The summed E-state index contributed by atoms with van der Waals surface area (Å²) < 4.78 is 18.0. The van der Waals surface area contributed by atoms with Gasteiger partial charge in [0.2, 0.25) is 5.95 Å². The highest BCUT2D eigenvalue weighted by Crippen LogP contribution is 2.10. The lowest BCUT2D eigenvalue weighted by Gasteiger charge is -2.01. The van der Waals surface area contributed by atoms with Crippen LogP contribution in [0.2, 0.25) is 0 Å². The Hall–Kier alpha value is -2.44. The summed E-state index contributed by atoms with van der Waals surface area (Å²) in [5.74, 6) is -1.12. The van der Waals surface area contributed by atoms with Gasteiger partial charge in [-0.15, -0.1) is 5.10 Å². The number of methoxy groups -OCH3 is 1. The number of hydrogen-bond acceptors (Lipinski definition) is 4. The van der Waals surface area contributed by atoms with Crippen LogP contribution in [0.3, 0.4) is 0 Å². The Kier molecular flexibility index (Phi) is 2.99. The molecule has 7 heteroatoms. The first-order valence-electron chi connectivity index (χ1n) is 4.73. The first-order chi connectivity index (χ1) is 8.20. The van der Waals surface area contributed by atoms with Crippen molar-refractivity contribution in [3.05, 3.63) is 35.6 Å². The first kappa shape index (κ1) is 11.1. The molecule has 0 unspecified atom stereocenters. The molecule has 0 radical (unpaired) electrons. The fraction of sp³-hybridized carbons (Fsp3) is 0.100. The van der Waals surface area contributed by atoms with Crippen molar-refractivity contribution in [2.75, 3.05) is 12.4 Å². The van der Waals surface area contributed by atoms with Gasteiger partial charge in [-0.2, -0.15) is 4.98 Å². The second-order valence-electron chi connectivity index (χ2n) is 3.10. The fourth-order valence-corrected chi connectivity index (χ4v) is 1.21. The molecule has 1 amide bonds. The van der Waals surface area contributed by atoms with Crippen LogP contribution in [0, 0.1) is 5.82 Å². The van der Waals surface area contributed by atoms with E-state index in [-0.39, 0.29) is 17.5 Å². The summed E-state index contributed by atoms with van der Waals surface area (Å²) >= 11 is 0. The van der Waals surface area contributed by atoms with E-state index in [9.17, 15) is 9.18 Å². The van der Waals surface area contributed by atoms with Crippen LogP contribution >= 0.6 is 0 Å². The van der Waals surface area contributed by atoms with E-state index in [2.05, 4.69) is 20.5 Å². The number of carbonyl (C=O) groups is 1. The number of halogens is 1. The Bertz CT molecular complexity index is 541. The molecule has 0 bridgehead atoms. The van der Waals surface area contributed by atoms with Gasteiger partial charge >= 0.3 is 6.01 Å². The van der Waals surface area contributed by atoms with Crippen LogP contribution in [0.4, 0.5) is 10.3 Å². The van der Waals surface area contributed by atoms with Crippen molar-refractivity contribution in [1.82, 2.24) is 15.2 Å². The minimum Gasteiger partial charge on any atom is -0.466 e. The number of nitrogens with one attached hydrogen (secondary N) is 2. The molecule has 0 atom stereocenters. The van der Waals surface area contributed by atoms with E-state index >= 15 is 0 Å². The molecule has 1 heterocycles. The summed E-state index contributed by atoms with van der Waals surface area (Å²) in [6.07, 6.45) is 0. The van der Waals surface area contributed by atoms with Gasteiger partial charge in [0, 0.05) is 0 Å². The Morgan fingerprint density at radius 1 is 1.47 bits per heavy atom. The fourth-order valence-electron chi connectivity index (χ4n) is 1.21. The number of H-pyrrole nitrogens is 1. The van der Waals surface area contributed by atoms with Crippen LogP contribution in [-0.2, 0) is 0 Å². The van der Waals surface area contributed by atoms with Gasteiger partial charge in [0.05, 0.1) is 12.7 Å². The zero-order chi connectivity index (χ0) is 12.3. The molecule has 17 heavy (non-hydrogen) atoms. The van der Waals surface area contributed by atoms with E-state index in [4.69, 9.17) is 4.74 Å². The topological polar surface area (TPSA) is 79.9 Å². The van der Waals surface area contributed by atoms with E-state index in [1.807, 2.05) is 0 Å². The van der Waals surface area contributed by atoms with Gasteiger partial charge in [-0.05, 0) is 12.1 Å². The molecular weight excluding hydrogens is 227 g/mol. The standard InChI is InChI=1S/C10H9FN4O2/c1-17-10-13-9(14-15-10)12-8(16)6-4-2-3-5-7(6)11/h2-5H,1H3,(H2,12,13,14,15,16).